The molecule has 0 spiro atoms. The van der Waals surface area contributed by atoms with Gasteiger partial charge in [0.25, 0.3) is 0 Å². The lowest BCUT2D eigenvalue weighted by Crippen LogP contribution is -2.07. The molecular formula is C19H39B. The molecule has 0 aromatic rings. The van der Waals surface area contributed by atoms with Crippen molar-refractivity contribution in [2.75, 3.05) is 0 Å². The Morgan fingerprint density at radius 2 is 0.850 bits per heavy atom. The summed E-state index contributed by atoms with van der Waals surface area (Å²) in [4.78, 5) is 0. The maximum atomic E-state index is 2.40. The van der Waals surface area contributed by atoms with Crippen LogP contribution in [-0.4, -0.2) is 7.28 Å². The Morgan fingerprint density at radius 1 is 0.550 bits per heavy atom. The molecule has 0 heterocycles. The summed E-state index contributed by atoms with van der Waals surface area (Å²) < 4.78 is 0. The second-order valence-electron chi connectivity index (χ2n) is 7.67. The minimum absolute atomic E-state index is 0.894. The Balaban J connectivity index is 2.24. The summed E-state index contributed by atoms with van der Waals surface area (Å²) in [6.45, 7) is 4.80. The molecule has 0 unspecified atom stereocenters. The van der Waals surface area contributed by atoms with Crippen LogP contribution in [0.4, 0.5) is 0 Å². The van der Waals surface area contributed by atoms with E-state index in [2.05, 4.69) is 13.8 Å². The number of hydrogen-bond acceptors (Lipinski definition) is 0. The average molecular weight is 278 g/mol. The van der Waals surface area contributed by atoms with Gasteiger partial charge in [-0.2, -0.15) is 0 Å². The second kappa shape index (κ2) is 12.8. The van der Waals surface area contributed by atoms with E-state index in [-0.39, 0.29) is 0 Å². The molecule has 1 fully saturated rings. The van der Waals surface area contributed by atoms with Gasteiger partial charge in [0.05, 0.1) is 0 Å². The fraction of sp³-hybridized carbons (Fsp3) is 1.00. The lowest BCUT2D eigenvalue weighted by Gasteiger charge is -2.18. The topological polar surface area (TPSA) is 0 Å². The summed E-state index contributed by atoms with van der Waals surface area (Å²) in [6, 6.07) is 0. The van der Waals surface area contributed by atoms with Crippen LogP contribution in [-0.2, 0) is 0 Å². The lowest BCUT2D eigenvalue weighted by atomic mass is 9.53. The molecule has 0 aromatic heterocycles. The lowest BCUT2D eigenvalue weighted by molar-refractivity contribution is 0.502. The molecule has 1 aliphatic carbocycles. The first-order chi connectivity index (χ1) is 9.79. The second-order valence-corrected chi connectivity index (χ2v) is 7.67. The highest BCUT2D eigenvalue weighted by Gasteiger charge is 2.12. The summed E-state index contributed by atoms with van der Waals surface area (Å²) in [7, 11) is 1.47. The van der Waals surface area contributed by atoms with Crippen LogP contribution >= 0.6 is 0 Å². The molecule has 0 aliphatic heterocycles. The average Bonchev–Trinajstić information content (AvgIpc) is 2.40. The van der Waals surface area contributed by atoms with Crippen molar-refractivity contribution in [3.05, 3.63) is 0 Å². The van der Waals surface area contributed by atoms with E-state index in [1.54, 1.807) is 0 Å². The van der Waals surface area contributed by atoms with Crippen molar-refractivity contribution in [1.29, 1.82) is 0 Å². The molecule has 1 heteroatoms. The minimum atomic E-state index is 0.894. The van der Waals surface area contributed by atoms with Gasteiger partial charge in [-0.05, 0) is 0 Å². The SMILES string of the molecule is CC(C)BC1CCCCCCCCCCCCCCC1. The predicted octanol–water partition coefficient (Wildman–Crippen LogP) is 6.90. The first kappa shape index (κ1) is 18.1. The smallest absolute Gasteiger partial charge is 0.0710 e. The number of hydrogen-bond donors (Lipinski definition) is 0. The van der Waals surface area contributed by atoms with E-state index in [1.807, 2.05) is 0 Å². The van der Waals surface area contributed by atoms with Crippen molar-refractivity contribution in [2.45, 2.75) is 122 Å². The third kappa shape index (κ3) is 10.8. The van der Waals surface area contributed by atoms with Gasteiger partial charge < -0.3 is 0 Å². The predicted molar refractivity (Wildman–Crippen MR) is 95.3 cm³/mol. The molecular weight excluding hydrogens is 239 g/mol. The summed E-state index contributed by atoms with van der Waals surface area (Å²) in [5.74, 6) is 1.92. The van der Waals surface area contributed by atoms with Gasteiger partial charge in [-0.1, -0.05) is 122 Å². The fourth-order valence-corrected chi connectivity index (χ4v) is 3.86. The molecule has 0 aromatic carbocycles. The van der Waals surface area contributed by atoms with Crippen molar-refractivity contribution in [1.82, 2.24) is 0 Å². The van der Waals surface area contributed by atoms with Crippen LogP contribution in [0.25, 0.3) is 0 Å². The third-order valence-electron chi connectivity index (χ3n) is 5.03. The van der Waals surface area contributed by atoms with E-state index in [1.165, 1.54) is 104 Å². The van der Waals surface area contributed by atoms with Crippen molar-refractivity contribution < 1.29 is 0 Å². The molecule has 0 atom stereocenters. The third-order valence-corrected chi connectivity index (χ3v) is 5.03. The first-order valence-corrected chi connectivity index (χ1v) is 9.79. The van der Waals surface area contributed by atoms with Gasteiger partial charge >= 0.3 is 0 Å². The van der Waals surface area contributed by atoms with Crippen LogP contribution in [0.5, 0.6) is 0 Å². The van der Waals surface area contributed by atoms with E-state index in [4.69, 9.17) is 0 Å². The Labute approximate surface area is 129 Å². The van der Waals surface area contributed by atoms with E-state index < -0.39 is 0 Å². The quantitative estimate of drug-likeness (QED) is 0.482. The summed E-state index contributed by atoms with van der Waals surface area (Å²) >= 11 is 0. The first-order valence-electron chi connectivity index (χ1n) is 9.79. The molecule has 0 radical (unpaired) electrons. The van der Waals surface area contributed by atoms with Crippen LogP contribution in [0, 0.1) is 0 Å². The molecule has 0 bridgehead atoms. The van der Waals surface area contributed by atoms with Gasteiger partial charge in [0.2, 0.25) is 0 Å². The Morgan fingerprint density at radius 3 is 1.15 bits per heavy atom. The maximum Gasteiger partial charge on any atom is 0.126 e. The highest BCUT2D eigenvalue weighted by molar-refractivity contribution is 6.39. The standard InChI is InChI=1S/C19H39B/c1-18(2)20-19-16-14-12-10-8-6-4-3-5-7-9-11-13-15-17-19/h18-20H,3-17H2,1-2H3. The molecule has 20 heavy (non-hydrogen) atoms. The van der Waals surface area contributed by atoms with E-state index in [0.717, 1.165) is 11.6 Å². The van der Waals surface area contributed by atoms with Gasteiger partial charge in [0.15, 0.2) is 0 Å². The van der Waals surface area contributed by atoms with Gasteiger partial charge in [-0.15, -0.1) is 0 Å². The monoisotopic (exact) mass is 278 g/mol. The molecule has 1 saturated carbocycles. The van der Waals surface area contributed by atoms with Crippen molar-refractivity contribution in [3.8, 4) is 0 Å². The molecule has 0 saturated heterocycles. The molecule has 1 aliphatic rings. The van der Waals surface area contributed by atoms with Crippen molar-refractivity contribution in [3.63, 3.8) is 0 Å². The Kier molecular flexibility index (Phi) is 11.6. The zero-order chi connectivity index (χ0) is 14.5. The molecule has 0 nitrogen and oxygen atoms in total. The minimum Gasteiger partial charge on any atom is -0.0710 e. The molecule has 0 N–H and O–H groups in total. The van der Waals surface area contributed by atoms with Crippen LogP contribution in [0.3, 0.4) is 0 Å². The van der Waals surface area contributed by atoms with Crippen molar-refractivity contribution >= 4 is 7.28 Å². The van der Waals surface area contributed by atoms with E-state index in [9.17, 15) is 0 Å². The van der Waals surface area contributed by atoms with Crippen LogP contribution in [0.15, 0.2) is 0 Å². The summed E-state index contributed by atoms with van der Waals surface area (Å²) in [6.07, 6.45) is 22.5. The van der Waals surface area contributed by atoms with Gasteiger partial charge in [-0.25, -0.2) is 0 Å². The molecule has 1 rings (SSSR count). The van der Waals surface area contributed by atoms with Gasteiger partial charge in [0.1, 0.15) is 7.28 Å². The van der Waals surface area contributed by atoms with Crippen molar-refractivity contribution in [2.24, 2.45) is 0 Å². The van der Waals surface area contributed by atoms with Gasteiger partial charge in [0, 0.05) is 0 Å². The van der Waals surface area contributed by atoms with Gasteiger partial charge in [-0.3, -0.25) is 0 Å². The summed E-state index contributed by atoms with van der Waals surface area (Å²) in [5, 5.41) is 0. The van der Waals surface area contributed by atoms with E-state index in [0.29, 0.717) is 0 Å². The summed E-state index contributed by atoms with van der Waals surface area (Å²) in [5.41, 5.74) is 0. The zero-order valence-corrected chi connectivity index (χ0v) is 14.5. The molecule has 118 valence electrons. The Hall–Kier alpha value is 0.0649. The largest absolute Gasteiger partial charge is 0.126 e. The van der Waals surface area contributed by atoms with Crippen LogP contribution in [0.2, 0.25) is 11.6 Å². The fourth-order valence-electron chi connectivity index (χ4n) is 3.86. The highest BCUT2D eigenvalue weighted by atomic mass is 14.1. The van der Waals surface area contributed by atoms with E-state index >= 15 is 0 Å². The zero-order valence-electron chi connectivity index (χ0n) is 14.5. The molecule has 0 amide bonds. The number of rotatable bonds is 2. The normalized spacial score (nSPS) is 22.8. The highest BCUT2D eigenvalue weighted by Crippen LogP contribution is 2.26. The maximum absolute atomic E-state index is 2.40. The van der Waals surface area contributed by atoms with Crippen LogP contribution < -0.4 is 0 Å². The Bertz CT molecular complexity index is 184. The van der Waals surface area contributed by atoms with Crippen LogP contribution in [0.1, 0.15) is 110 Å².